The predicted molar refractivity (Wildman–Crippen MR) is 69.2 cm³/mol. The fourth-order valence-corrected chi connectivity index (χ4v) is 1.71. The first-order chi connectivity index (χ1) is 8.61. The first-order valence-electron chi connectivity index (χ1n) is 6.39. The van der Waals surface area contributed by atoms with Crippen LogP contribution in [0.3, 0.4) is 0 Å². The van der Waals surface area contributed by atoms with Gasteiger partial charge in [-0.2, -0.15) is 8.78 Å². The van der Waals surface area contributed by atoms with Crippen LogP contribution in [0.1, 0.15) is 32.3 Å². The van der Waals surface area contributed by atoms with Crippen LogP contribution in [0.2, 0.25) is 0 Å². The molecule has 0 aromatic heterocycles. The van der Waals surface area contributed by atoms with Crippen molar-refractivity contribution in [2.75, 3.05) is 6.54 Å². The van der Waals surface area contributed by atoms with Crippen molar-refractivity contribution in [2.45, 2.75) is 45.8 Å². The van der Waals surface area contributed by atoms with Crippen molar-refractivity contribution in [1.29, 1.82) is 0 Å². The summed E-state index contributed by atoms with van der Waals surface area (Å²) in [7, 11) is 0. The Labute approximate surface area is 107 Å². The van der Waals surface area contributed by atoms with E-state index in [-0.39, 0.29) is 5.75 Å². The van der Waals surface area contributed by atoms with E-state index in [9.17, 15) is 8.78 Å². The fraction of sp³-hybridized carbons (Fsp3) is 0.571. The smallest absolute Gasteiger partial charge is 0.387 e. The van der Waals surface area contributed by atoms with Crippen molar-refractivity contribution in [3.63, 3.8) is 0 Å². The zero-order chi connectivity index (χ0) is 13.4. The van der Waals surface area contributed by atoms with Gasteiger partial charge < -0.3 is 10.1 Å². The van der Waals surface area contributed by atoms with Crippen LogP contribution in [0, 0.1) is 0 Å². The van der Waals surface area contributed by atoms with Gasteiger partial charge in [-0.05, 0) is 50.4 Å². The van der Waals surface area contributed by atoms with Crippen LogP contribution in [0.4, 0.5) is 8.78 Å². The zero-order valence-corrected chi connectivity index (χ0v) is 11.0. The first kappa shape index (κ1) is 14.9. The minimum absolute atomic E-state index is 0.214. The van der Waals surface area contributed by atoms with Gasteiger partial charge in [0.25, 0.3) is 0 Å². The van der Waals surface area contributed by atoms with Gasteiger partial charge in [-0.3, -0.25) is 0 Å². The highest BCUT2D eigenvalue weighted by Crippen LogP contribution is 2.16. The van der Waals surface area contributed by atoms with Crippen molar-refractivity contribution in [3.8, 4) is 5.75 Å². The Hall–Kier alpha value is -1.16. The number of hydrogen-bond donors (Lipinski definition) is 1. The van der Waals surface area contributed by atoms with Crippen LogP contribution >= 0.6 is 0 Å². The third kappa shape index (κ3) is 5.96. The number of halogens is 2. The summed E-state index contributed by atoms with van der Waals surface area (Å²) in [6.07, 6.45) is 3.10. The van der Waals surface area contributed by atoms with E-state index in [4.69, 9.17) is 0 Å². The molecule has 0 aliphatic rings. The normalized spacial score (nSPS) is 12.7. The lowest BCUT2D eigenvalue weighted by Gasteiger charge is -2.13. The molecular weight excluding hydrogens is 236 g/mol. The zero-order valence-electron chi connectivity index (χ0n) is 11.0. The maximum atomic E-state index is 12.0. The minimum Gasteiger partial charge on any atom is -0.435 e. The van der Waals surface area contributed by atoms with Gasteiger partial charge in [0.2, 0.25) is 0 Å². The van der Waals surface area contributed by atoms with E-state index in [0.29, 0.717) is 6.04 Å². The van der Waals surface area contributed by atoms with E-state index in [1.54, 1.807) is 12.1 Å². The lowest BCUT2D eigenvalue weighted by atomic mass is 10.1. The second kappa shape index (κ2) is 8.03. The molecular formula is C14H21F2NO. The molecule has 1 N–H and O–H groups in total. The predicted octanol–water partition coefficient (Wildman–Crippen LogP) is 3.61. The van der Waals surface area contributed by atoms with Crippen molar-refractivity contribution in [2.24, 2.45) is 0 Å². The number of nitrogens with one attached hydrogen (secondary N) is 1. The first-order valence-corrected chi connectivity index (χ1v) is 6.39. The van der Waals surface area contributed by atoms with Gasteiger partial charge >= 0.3 is 6.61 Å². The molecule has 102 valence electrons. The van der Waals surface area contributed by atoms with E-state index < -0.39 is 6.61 Å². The molecule has 1 unspecified atom stereocenters. The molecule has 0 aliphatic heterocycles. The van der Waals surface area contributed by atoms with Gasteiger partial charge in [0, 0.05) is 6.04 Å². The molecule has 0 amide bonds. The number of rotatable bonds is 8. The van der Waals surface area contributed by atoms with Crippen molar-refractivity contribution in [1.82, 2.24) is 5.32 Å². The number of alkyl halides is 2. The van der Waals surface area contributed by atoms with E-state index in [1.165, 1.54) is 0 Å². The molecule has 2 nitrogen and oxygen atoms in total. The van der Waals surface area contributed by atoms with Gasteiger partial charge in [-0.1, -0.05) is 19.1 Å². The highest BCUT2D eigenvalue weighted by molar-refractivity contribution is 5.27. The van der Waals surface area contributed by atoms with Crippen molar-refractivity contribution < 1.29 is 13.5 Å². The summed E-state index contributed by atoms with van der Waals surface area (Å²) in [5.41, 5.74) is 1.14. The number of ether oxygens (including phenoxy) is 1. The molecule has 1 aromatic rings. The van der Waals surface area contributed by atoms with E-state index in [0.717, 1.165) is 31.4 Å². The molecule has 18 heavy (non-hydrogen) atoms. The SMILES string of the molecule is CCCNC(C)CCc1ccc(OC(F)F)cc1. The van der Waals surface area contributed by atoms with Crippen LogP contribution in [-0.4, -0.2) is 19.2 Å². The average molecular weight is 257 g/mol. The maximum absolute atomic E-state index is 12.0. The monoisotopic (exact) mass is 257 g/mol. The van der Waals surface area contributed by atoms with Gasteiger partial charge in [0.1, 0.15) is 5.75 Å². The van der Waals surface area contributed by atoms with Crippen molar-refractivity contribution >= 4 is 0 Å². The fourth-order valence-electron chi connectivity index (χ4n) is 1.71. The van der Waals surface area contributed by atoms with Gasteiger partial charge in [0.05, 0.1) is 0 Å². The average Bonchev–Trinajstić information content (AvgIpc) is 2.35. The molecule has 0 saturated heterocycles. The number of benzene rings is 1. The Bertz CT molecular complexity index is 327. The van der Waals surface area contributed by atoms with Crippen LogP contribution < -0.4 is 10.1 Å². The Morgan fingerprint density at radius 3 is 2.44 bits per heavy atom. The molecule has 0 bridgehead atoms. The summed E-state index contributed by atoms with van der Waals surface area (Å²) < 4.78 is 28.2. The highest BCUT2D eigenvalue weighted by atomic mass is 19.3. The summed E-state index contributed by atoms with van der Waals surface area (Å²) in [5, 5.41) is 3.42. The van der Waals surface area contributed by atoms with E-state index >= 15 is 0 Å². The maximum Gasteiger partial charge on any atom is 0.387 e. The molecule has 0 saturated carbocycles. The number of hydrogen-bond acceptors (Lipinski definition) is 2. The molecule has 4 heteroatoms. The largest absolute Gasteiger partial charge is 0.435 e. The third-order valence-corrected chi connectivity index (χ3v) is 2.76. The van der Waals surface area contributed by atoms with Crippen LogP contribution in [-0.2, 0) is 6.42 Å². The lowest BCUT2D eigenvalue weighted by molar-refractivity contribution is -0.0498. The van der Waals surface area contributed by atoms with Crippen LogP contribution in [0.15, 0.2) is 24.3 Å². The summed E-state index contributed by atoms with van der Waals surface area (Å²) in [4.78, 5) is 0. The molecule has 0 spiro atoms. The molecule has 1 rings (SSSR count). The summed E-state index contributed by atoms with van der Waals surface area (Å²) >= 11 is 0. The quantitative estimate of drug-likeness (QED) is 0.768. The number of aryl methyl sites for hydroxylation is 1. The van der Waals surface area contributed by atoms with Gasteiger partial charge in [-0.15, -0.1) is 0 Å². The molecule has 1 aromatic carbocycles. The highest BCUT2D eigenvalue weighted by Gasteiger charge is 2.05. The molecule has 0 heterocycles. The third-order valence-electron chi connectivity index (χ3n) is 2.76. The second-order valence-electron chi connectivity index (χ2n) is 4.42. The minimum atomic E-state index is -2.76. The van der Waals surface area contributed by atoms with E-state index in [2.05, 4.69) is 23.9 Å². The lowest BCUT2D eigenvalue weighted by Crippen LogP contribution is -2.27. The molecule has 0 radical (unpaired) electrons. The molecule has 0 aliphatic carbocycles. The second-order valence-corrected chi connectivity index (χ2v) is 4.42. The van der Waals surface area contributed by atoms with Gasteiger partial charge in [0.15, 0.2) is 0 Å². The Kier molecular flexibility index (Phi) is 6.65. The summed E-state index contributed by atoms with van der Waals surface area (Å²) in [6.45, 7) is 2.57. The van der Waals surface area contributed by atoms with Crippen LogP contribution in [0.5, 0.6) is 5.75 Å². The molecule has 0 fully saturated rings. The summed E-state index contributed by atoms with van der Waals surface area (Å²) in [6, 6.07) is 7.33. The standard InChI is InChI=1S/C14H21F2NO/c1-3-10-17-11(2)4-5-12-6-8-13(9-7-12)18-14(15)16/h6-9,11,14,17H,3-5,10H2,1-2H3. The van der Waals surface area contributed by atoms with E-state index in [1.807, 2.05) is 12.1 Å². The Morgan fingerprint density at radius 1 is 1.22 bits per heavy atom. The van der Waals surface area contributed by atoms with Crippen molar-refractivity contribution in [3.05, 3.63) is 29.8 Å². The summed E-state index contributed by atoms with van der Waals surface area (Å²) in [5.74, 6) is 0.214. The Morgan fingerprint density at radius 2 is 1.89 bits per heavy atom. The molecule has 1 atom stereocenters. The van der Waals surface area contributed by atoms with Gasteiger partial charge in [-0.25, -0.2) is 0 Å². The van der Waals surface area contributed by atoms with Crippen LogP contribution in [0.25, 0.3) is 0 Å². The Balaban J connectivity index is 2.34. The topological polar surface area (TPSA) is 21.3 Å².